The molecule has 3 rings (SSSR count). The molecule has 19 heavy (non-hydrogen) atoms. The summed E-state index contributed by atoms with van der Waals surface area (Å²) in [5, 5.41) is 2.14. The van der Waals surface area contributed by atoms with Gasteiger partial charge in [-0.05, 0) is 37.1 Å². The molecule has 100 valence electrons. The van der Waals surface area contributed by atoms with Crippen LogP contribution in [0.2, 0.25) is 0 Å². The molecule has 2 aromatic rings. The molecule has 0 unspecified atom stereocenters. The Morgan fingerprint density at radius 1 is 1.47 bits per heavy atom. The van der Waals surface area contributed by atoms with E-state index in [-0.39, 0.29) is 0 Å². The molecule has 0 spiro atoms. The summed E-state index contributed by atoms with van der Waals surface area (Å²) in [5.41, 5.74) is 4.44. The second-order valence-corrected chi connectivity index (χ2v) is 5.60. The van der Waals surface area contributed by atoms with Crippen LogP contribution in [0.15, 0.2) is 35.2 Å². The normalized spacial score (nSPS) is 19.7. The Balaban J connectivity index is 1.78. The molecular weight excluding hydrogens is 256 g/mol. The number of ether oxygens (including phenoxy) is 1. The Labute approximate surface area is 117 Å². The number of likely N-dealkylation sites (tertiary alicyclic amines) is 1. The van der Waals surface area contributed by atoms with E-state index in [9.17, 15) is 0 Å². The summed E-state index contributed by atoms with van der Waals surface area (Å²) in [6.45, 7) is 2.10. The second-order valence-electron chi connectivity index (χ2n) is 4.88. The molecule has 1 fully saturated rings. The summed E-state index contributed by atoms with van der Waals surface area (Å²) in [4.78, 5) is 6.91. The van der Waals surface area contributed by atoms with Gasteiger partial charge in [-0.3, -0.25) is 4.90 Å². The van der Waals surface area contributed by atoms with Crippen LogP contribution >= 0.6 is 11.3 Å². The molecule has 1 atom stereocenters. The highest BCUT2D eigenvalue weighted by molar-refractivity contribution is 7.07. The first-order chi connectivity index (χ1) is 9.36. The van der Waals surface area contributed by atoms with Gasteiger partial charge < -0.3 is 4.74 Å². The van der Waals surface area contributed by atoms with E-state index in [4.69, 9.17) is 4.74 Å². The Morgan fingerprint density at radius 2 is 2.42 bits per heavy atom. The number of rotatable bonds is 4. The van der Waals surface area contributed by atoms with E-state index >= 15 is 0 Å². The summed E-state index contributed by atoms with van der Waals surface area (Å²) >= 11 is 1.67. The van der Waals surface area contributed by atoms with E-state index in [2.05, 4.69) is 33.5 Å². The number of nitrogens with zero attached hydrogens (tertiary/aromatic N) is 2. The minimum absolute atomic E-state index is 0.497. The minimum atomic E-state index is 0.497. The Morgan fingerprint density at radius 3 is 3.21 bits per heavy atom. The summed E-state index contributed by atoms with van der Waals surface area (Å²) in [6.07, 6.45) is 2.48. The smallest absolute Gasteiger partial charge is 0.119 e. The summed E-state index contributed by atoms with van der Waals surface area (Å²) in [7, 11) is 1.72. The number of hydrogen-bond acceptors (Lipinski definition) is 4. The number of thiazole rings is 1. The standard InChI is InChI=1S/C15H18N2OS/c1-18-14-5-2-4-12(8-14)15-6-3-7-17(15)9-13-10-19-11-16-13/h2,4-5,8,10-11,15H,3,6-7,9H2,1H3/t15-/m1/s1. The molecule has 0 radical (unpaired) electrons. The fraction of sp³-hybridized carbons (Fsp3) is 0.400. The van der Waals surface area contributed by atoms with Crippen molar-refractivity contribution >= 4 is 11.3 Å². The van der Waals surface area contributed by atoms with Crippen LogP contribution in [0.3, 0.4) is 0 Å². The van der Waals surface area contributed by atoms with Crippen LogP contribution in [-0.4, -0.2) is 23.5 Å². The molecule has 0 bridgehead atoms. The molecule has 0 aliphatic carbocycles. The second kappa shape index (κ2) is 5.72. The Bertz CT molecular complexity index is 527. The summed E-state index contributed by atoms with van der Waals surface area (Å²) in [5.74, 6) is 0.943. The zero-order valence-electron chi connectivity index (χ0n) is 11.1. The number of aromatic nitrogens is 1. The fourth-order valence-corrected chi connectivity index (χ4v) is 3.31. The first-order valence-electron chi connectivity index (χ1n) is 6.62. The highest BCUT2D eigenvalue weighted by Crippen LogP contribution is 2.34. The van der Waals surface area contributed by atoms with Crippen molar-refractivity contribution in [3.05, 3.63) is 46.4 Å². The number of benzene rings is 1. The monoisotopic (exact) mass is 274 g/mol. The summed E-state index contributed by atoms with van der Waals surface area (Å²) < 4.78 is 5.33. The molecule has 3 nitrogen and oxygen atoms in total. The lowest BCUT2D eigenvalue weighted by Crippen LogP contribution is -2.22. The maximum atomic E-state index is 5.33. The van der Waals surface area contributed by atoms with Gasteiger partial charge in [0.25, 0.3) is 0 Å². The largest absolute Gasteiger partial charge is 0.497 e. The van der Waals surface area contributed by atoms with Gasteiger partial charge in [-0.1, -0.05) is 12.1 Å². The van der Waals surface area contributed by atoms with Crippen molar-refractivity contribution in [3.8, 4) is 5.75 Å². The van der Waals surface area contributed by atoms with Crippen molar-refractivity contribution in [2.24, 2.45) is 0 Å². The lowest BCUT2D eigenvalue weighted by atomic mass is 10.0. The molecule has 0 saturated carbocycles. The molecule has 1 aliphatic heterocycles. The third-order valence-electron chi connectivity index (χ3n) is 3.69. The van der Waals surface area contributed by atoms with Gasteiger partial charge in [-0.15, -0.1) is 11.3 Å². The van der Waals surface area contributed by atoms with Crippen molar-refractivity contribution in [3.63, 3.8) is 0 Å². The van der Waals surface area contributed by atoms with Gasteiger partial charge in [0.15, 0.2) is 0 Å². The first-order valence-corrected chi connectivity index (χ1v) is 7.56. The van der Waals surface area contributed by atoms with Gasteiger partial charge >= 0.3 is 0 Å². The predicted molar refractivity (Wildman–Crippen MR) is 77.5 cm³/mol. The molecular formula is C15H18N2OS. The van der Waals surface area contributed by atoms with Crippen LogP contribution in [0.25, 0.3) is 0 Å². The zero-order chi connectivity index (χ0) is 13.1. The van der Waals surface area contributed by atoms with E-state index in [0.717, 1.165) is 18.8 Å². The highest BCUT2D eigenvalue weighted by Gasteiger charge is 2.26. The molecule has 1 aromatic heterocycles. The third-order valence-corrected chi connectivity index (χ3v) is 4.33. The quantitative estimate of drug-likeness (QED) is 0.853. The van der Waals surface area contributed by atoms with Crippen molar-refractivity contribution in [1.29, 1.82) is 0 Å². The van der Waals surface area contributed by atoms with E-state index in [1.165, 1.54) is 24.1 Å². The van der Waals surface area contributed by atoms with Gasteiger partial charge in [0.2, 0.25) is 0 Å². The highest BCUT2D eigenvalue weighted by atomic mass is 32.1. The molecule has 1 aromatic carbocycles. The molecule has 1 aliphatic rings. The Kier molecular flexibility index (Phi) is 3.80. The Hall–Kier alpha value is -1.39. The van der Waals surface area contributed by atoms with Gasteiger partial charge in [-0.2, -0.15) is 0 Å². The van der Waals surface area contributed by atoms with Gasteiger partial charge in [-0.25, -0.2) is 4.98 Å². The lowest BCUT2D eigenvalue weighted by Gasteiger charge is -2.24. The van der Waals surface area contributed by atoms with Gasteiger partial charge in [0, 0.05) is 18.0 Å². The van der Waals surface area contributed by atoms with Crippen LogP contribution in [-0.2, 0) is 6.54 Å². The zero-order valence-corrected chi connectivity index (χ0v) is 11.9. The van der Waals surface area contributed by atoms with Crippen LogP contribution in [0.1, 0.15) is 30.1 Å². The number of methoxy groups -OCH3 is 1. The maximum Gasteiger partial charge on any atom is 0.119 e. The van der Waals surface area contributed by atoms with Crippen LogP contribution in [0, 0.1) is 0 Å². The topological polar surface area (TPSA) is 25.4 Å². The van der Waals surface area contributed by atoms with E-state index < -0.39 is 0 Å². The molecule has 1 saturated heterocycles. The van der Waals surface area contributed by atoms with Gasteiger partial charge in [0.05, 0.1) is 18.3 Å². The average Bonchev–Trinajstić information content (AvgIpc) is 3.11. The number of hydrogen-bond donors (Lipinski definition) is 0. The van der Waals surface area contributed by atoms with Gasteiger partial charge in [0.1, 0.15) is 5.75 Å². The maximum absolute atomic E-state index is 5.33. The predicted octanol–water partition coefficient (Wildman–Crippen LogP) is 3.49. The van der Waals surface area contributed by atoms with Crippen molar-refractivity contribution in [2.45, 2.75) is 25.4 Å². The fourth-order valence-electron chi connectivity index (χ4n) is 2.77. The van der Waals surface area contributed by atoms with Crippen LogP contribution < -0.4 is 4.74 Å². The lowest BCUT2D eigenvalue weighted by molar-refractivity contribution is 0.245. The van der Waals surface area contributed by atoms with E-state index in [0.29, 0.717) is 6.04 Å². The van der Waals surface area contributed by atoms with Crippen LogP contribution in [0.5, 0.6) is 5.75 Å². The van der Waals surface area contributed by atoms with Crippen LogP contribution in [0.4, 0.5) is 0 Å². The minimum Gasteiger partial charge on any atom is -0.497 e. The van der Waals surface area contributed by atoms with E-state index in [1.807, 2.05) is 11.6 Å². The molecule has 0 amide bonds. The van der Waals surface area contributed by atoms with E-state index in [1.54, 1.807) is 18.4 Å². The molecule has 2 heterocycles. The SMILES string of the molecule is COc1cccc([C@H]2CCCN2Cc2cscn2)c1. The average molecular weight is 274 g/mol. The van der Waals surface area contributed by atoms with Crippen molar-refractivity contribution in [1.82, 2.24) is 9.88 Å². The van der Waals surface area contributed by atoms with Crippen molar-refractivity contribution in [2.75, 3.05) is 13.7 Å². The molecule has 0 N–H and O–H groups in total. The first kappa shape index (κ1) is 12.6. The summed E-state index contributed by atoms with van der Waals surface area (Å²) in [6, 6.07) is 8.93. The molecule has 4 heteroatoms. The van der Waals surface area contributed by atoms with Crippen molar-refractivity contribution < 1.29 is 4.74 Å². The third kappa shape index (κ3) is 2.80.